The number of carbonyl (C=O) groups is 1. The molecule has 96 valence electrons. The van der Waals surface area contributed by atoms with Gasteiger partial charge in [-0.15, -0.1) is 0 Å². The highest BCUT2D eigenvalue weighted by Gasteiger charge is 2.28. The molecule has 0 saturated carbocycles. The molecule has 0 aromatic carbocycles. The van der Waals surface area contributed by atoms with Crippen molar-refractivity contribution in [3.63, 3.8) is 0 Å². The van der Waals surface area contributed by atoms with E-state index in [2.05, 4.69) is 9.47 Å². The number of hydrogen-bond acceptors (Lipinski definition) is 4. The van der Waals surface area contributed by atoms with Gasteiger partial charge in [0.2, 0.25) is 0 Å². The van der Waals surface area contributed by atoms with Gasteiger partial charge in [0, 0.05) is 7.11 Å². The Labute approximate surface area is 91.7 Å². The van der Waals surface area contributed by atoms with E-state index in [0.717, 1.165) is 0 Å². The molecule has 0 rings (SSSR count). The molecule has 0 radical (unpaired) electrons. The van der Waals surface area contributed by atoms with Crippen molar-refractivity contribution in [3.8, 4) is 0 Å². The molecule has 0 aromatic rings. The number of esters is 1. The Balaban J connectivity index is 3.74. The van der Waals surface area contributed by atoms with Crippen molar-refractivity contribution in [1.82, 2.24) is 0 Å². The van der Waals surface area contributed by atoms with E-state index in [1.54, 1.807) is 0 Å². The molecule has 7 heteroatoms. The smallest absolute Gasteiger partial charge is 0.411 e. The zero-order chi connectivity index (χ0) is 12.8. The lowest BCUT2D eigenvalue weighted by Crippen LogP contribution is -2.29. The van der Waals surface area contributed by atoms with Crippen LogP contribution < -0.4 is 0 Å². The summed E-state index contributed by atoms with van der Waals surface area (Å²) in [6.45, 7) is 1.26. The Bertz CT molecular complexity index is 217. The number of ether oxygens (including phenoxy) is 3. The third-order valence-corrected chi connectivity index (χ3v) is 1.62. The average molecular weight is 244 g/mol. The molecular weight excluding hydrogens is 229 g/mol. The summed E-state index contributed by atoms with van der Waals surface area (Å²) in [5, 5.41) is 0. The maximum Gasteiger partial charge on any atom is 0.411 e. The third kappa shape index (κ3) is 7.47. The van der Waals surface area contributed by atoms with Crippen molar-refractivity contribution in [2.24, 2.45) is 0 Å². The summed E-state index contributed by atoms with van der Waals surface area (Å²) in [4.78, 5) is 11.1. The zero-order valence-electron chi connectivity index (χ0n) is 9.34. The van der Waals surface area contributed by atoms with E-state index in [9.17, 15) is 18.0 Å². The van der Waals surface area contributed by atoms with E-state index in [4.69, 9.17) is 4.74 Å². The molecule has 0 amide bonds. The summed E-state index contributed by atoms with van der Waals surface area (Å²) < 4.78 is 48.9. The van der Waals surface area contributed by atoms with Gasteiger partial charge in [-0.2, -0.15) is 13.2 Å². The molecule has 0 aliphatic rings. The molecule has 0 bridgehead atoms. The van der Waals surface area contributed by atoms with Crippen molar-refractivity contribution in [3.05, 3.63) is 0 Å². The Hall–Kier alpha value is -0.820. The third-order valence-electron chi connectivity index (χ3n) is 1.62. The number of alkyl halides is 3. The van der Waals surface area contributed by atoms with Crippen LogP contribution in [0.3, 0.4) is 0 Å². The number of rotatable bonds is 6. The molecule has 0 fully saturated rings. The van der Waals surface area contributed by atoms with Crippen molar-refractivity contribution >= 4 is 5.97 Å². The molecule has 2 unspecified atom stereocenters. The summed E-state index contributed by atoms with van der Waals surface area (Å²) >= 11 is 0. The molecule has 0 aliphatic carbocycles. The topological polar surface area (TPSA) is 44.8 Å². The maximum absolute atomic E-state index is 11.7. The van der Waals surface area contributed by atoms with Gasteiger partial charge >= 0.3 is 12.1 Å². The minimum Gasteiger partial charge on any atom is -0.458 e. The molecular formula is C9H15F3O4. The monoisotopic (exact) mass is 244 g/mol. The molecule has 4 nitrogen and oxygen atoms in total. The van der Waals surface area contributed by atoms with Crippen molar-refractivity contribution in [2.45, 2.75) is 32.2 Å². The lowest BCUT2D eigenvalue weighted by Gasteiger charge is -2.16. The van der Waals surface area contributed by atoms with Crippen LogP contribution in [-0.4, -0.2) is 44.7 Å². The first kappa shape index (κ1) is 15.2. The van der Waals surface area contributed by atoms with Crippen LogP contribution in [0.4, 0.5) is 13.2 Å². The van der Waals surface area contributed by atoms with E-state index in [1.807, 2.05) is 0 Å². The van der Waals surface area contributed by atoms with Crippen LogP contribution in [0, 0.1) is 0 Å². The first-order chi connectivity index (χ1) is 7.26. The fourth-order valence-corrected chi connectivity index (χ4v) is 0.765. The average Bonchev–Trinajstić information content (AvgIpc) is 2.14. The van der Waals surface area contributed by atoms with Crippen LogP contribution in [0.15, 0.2) is 0 Å². The molecule has 2 atom stereocenters. The predicted molar refractivity (Wildman–Crippen MR) is 48.9 cm³/mol. The molecule has 0 aromatic heterocycles. The molecule has 0 heterocycles. The number of halogens is 3. The summed E-state index contributed by atoms with van der Waals surface area (Å²) in [5.74, 6) is -0.634. The predicted octanol–water partition coefficient (Wildman–Crippen LogP) is 1.53. The van der Waals surface area contributed by atoms with Gasteiger partial charge in [0.15, 0.2) is 6.10 Å². The SMILES string of the molecule is COC(C)C(=O)OC(C)COCC(F)(F)F. The van der Waals surface area contributed by atoms with E-state index < -0.39 is 31.0 Å². The highest BCUT2D eigenvalue weighted by Crippen LogP contribution is 2.14. The zero-order valence-corrected chi connectivity index (χ0v) is 9.34. The van der Waals surface area contributed by atoms with Crippen molar-refractivity contribution in [2.75, 3.05) is 20.3 Å². The lowest BCUT2D eigenvalue weighted by molar-refractivity contribution is -0.184. The second-order valence-electron chi connectivity index (χ2n) is 3.26. The van der Waals surface area contributed by atoms with Gasteiger partial charge in [0.25, 0.3) is 0 Å². The Morgan fingerprint density at radius 3 is 2.31 bits per heavy atom. The largest absolute Gasteiger partial charge is 0.458 e. The summed E-state index contributed by atoms with van der Waals surface area (Å²) in [7, 11) is 1.33. The lowest BCUT2D eigenvalue weighted by atomic mass is 10.4. The summed E-state index contributed by atoms with van der Waals surface area (Å²) in [6, 6.07) is 0. The Kier molecular flexibility index (Phi) is 6.35. The Morgan fingerprint density at radius 2 is 1.88 bits per heavy atom. The van der Waals surface area contributed by atoms with Crippen molar-refractivity contribution in [1.29, 1.82) is 0 Å². The molecule has 16 heavy (non-hydrogen) atoms. The van der Waals surface area contributed by atoms with E-state index in [0.29, 0.717) is 0 Å². The van der Waals surface area contributed by atoms with Crippen LogP contribution >= 0.6 is 0 Å². The highest BCUT2D eigenvalue weighted by atomic mass is 19.4. The fourth-order valence-electron chi connectivity index (χ4n) is 0.765. The van der Waals surface area contributed by atoms with Crippen LogP contribution in [0.5, 0.6) is 0 Å². The van der Waals surface area contributed by atoms with E-state index >= 15 is 0 Å². The van der Waals surface area contributed by atoms with Gasteiger partial charge < -0.3 is 14.2 Å². The molecule has 0 N–H and O–H groups in total. The van der Waals surface area contributed by atoms with Gasteiger partial charge in [-0.1, -0.05) is 0 Å². The first-order valence-corrected chi connectivity index (χ1v) is 4.64. The summed E-state index contributed by atoms with van der Waals surface area (Å²) in [5.41, 5.74) is 0. The molecule has 0 aliphatic heterocycles. The first-order valence-electron chi connectivity index (χ1n) is 4.64. The summed E-state index contributed by atoms with van der Waals surface area (Å²) in [6.07, 6.45) is -5.86. The fraction of sp³-hybridized carbons (Fsp3) is 0.889. The van der Waals surface area contributed by atoms with Gasteiger partial charge in [-0.05, 0) is 13.8 Å². The Morgan fingerprint density at radius 1 is 1.31 bits per heavy atom. The van der Waals surface area contributed by atoms with Gasteiger partial charge in [0.1, 0.15) is 12.7 Å². The normalized spacial score (nSPS) is 15.6. The van der Waals surface area contributed by atoms with Gasteiger partial charge in [-0.25, -0.2) is 4.79 Å². The van der Waals surface area contributed by atoms with E-state index in [1.165, 1.54) is 21.0 Å². The maximum atomic E-state index is 11.7. The minimum atomic E-state index is -4.37. The van der Waals surface area contributed by atoms with Crippen LogP contribution in [0.1, 0.15) is 13.8 Å². The second kappa shape index (κ2) is 6.70. The van der Waals surface area contributed by atoms with Gasteiger partial charge in [0.05, 0.1) is 6.61 Å². The van der Waals surface area contributed by atoms with E-state index in [-0.39, 0.29) is 6.61 Å². The molecule has 0 spiro atoms. The quantitative estimate of drug-likeness (QED) is 0.665. The number of carbonyl (C=O) groups excluding carboxylic acids is 1. The molecule has 0 saturated heterocycles. The van der Waals surface area contributed by atoms with Crippen LogP contribution in [0.25, 0.3) is 0 Å². The van der Waals surface area contributed by atoms with Crippen molar-refractivity contribution < 1.29 is 32.2 Å². The van der Waals surface area contributed by atoms with Gasteiger partial charge in [-0.3, -0.25) is 0 Å². The highest BCUT2D eigenvalue weighted by molar-refractivity contribution is 5.74. The van der Waals surface area contributed by atoms with Crippen LogP contribution in [-0.2, 0) is 19.0 Å². The number of methoxy groups -OCH3 is 1. The minimum absolute atomic E-state index is 0.304. The number of hydrogen-bond donors (Lipinski definition) is 0. The second-order valence-corrected chi connectivity index (χ2v) is 3.26. The standard InChI is InChI=1S/C9H15F3O4/c1-6(4-15-5-9(10,11)12)16-8(13)7(2)14-3/h6-7H,4-5H2,1-3H3. The van der Waals surface area contributed by atoms with Crippen LogP contribution in [0.2, 0.25) is 0 Å².